The van der Waals surface area contributed by atoms with Gasteiger partial charge < -0.3 is 14.0 Å². The summed E-state index contributed by atoms with van der Waals surface area (Å²) < 4.78 is 8.69. The Morgan fingerprint density at radius 2 is 1.36 bits per heavy atom. The normalized spacial score (nSPS) is 11.3. The van der Waals surface area contributed by atoms with Crippen LogP contribution in [-0.4, -0.2) is 22.6 Å². The van der Waals surface area contributed by atoms with Crippen LogP contribution in [0, 0.1) is 19.1 Å². The minimum atomic E-state index is -1.24. The summed E-state index contributed by atoms with van der Waals surface area (Å²) in [6, 6.07) is 65.5. The van der Waals surface area contributed by atoms with Gasteiger partial charge >= 0.3 is 0 Å². The number of hydrogen-bond donors (Lipinski definition) is 0. The first-order chi connectivity index (χ1) is 27.8. The fourth-order valence-electron chi connectivity index (χ4n) is 7.34. The number of pyridine rings is 1. The second-order valence-corrected chi connectivity index (χ2v) is 20.5. The van der Waals surface area contributed by atoms with Gasteiger partial charge in [0.25, 0.3) is 0 Å². The van der Waals surface area contributed by atoms with Gasteiger partial charge in [-0.05, 0) is 57.9 Å². The molecule has 7 aromatic carbocycles. The molecule has 3 aromatic heterocycles. The predicted octanol–water partition coefficient (Wildman–Crippen LogP) is 13.1. The Morgan fingerprint density at radius 1 is 0.638 bits per heavy atom. The van der Waals surface area contributed by atoms with Crippen molar-refractivity contribution in [2.45, 2.75) is 26.6 Å². The third-order valence-electron chi connectivity index (χ3n) is 10.4. The minimum Gasteiger partial charge on any atom is -0.501 e. The molecular formula is C52H41IrN3OSi-2. The van der Waals surface area contributed by atoms with Gasteiger partial charge in [0.05, 0.1) is 30.5 Å². The van der Waals surface area contributed by atoms with Crippen LogP contribution in [0.5, 0.6) is 0 Å². The van der Waals surface area contributed by atoms with Gasteiger partial charge in [0, 0.05) is 42.9 Å². The van der Waals surface area contributed by atoms with Crippen LogP contribution >= 0.6 is 0 Å². The molecule has 10 aromatic rings. The van der Waals surface area contributed by atoms with E-state index < -0.39 is 8.07 Å². The molecule has 0 unspecified atom stereocenters. The zero-order chi connectivity index (χ0) is 38.9. The van der Waals surface area contributed by atoms with E-state index in [0.717, 1.165) is 72.4 Å². The number of imidazole rings is 1. The Morgan fingerprint density at radius 3 is 2.09 bits per heavy atom. The van der Waals surface area contributed by atoms with E-state index in [1.165, 1.54) is 21.9 Å². The van der Waals surface area contributed by atoms with Crippen molar-refractivity contribution in [2.75, 3.05) is 0 Å². The van der Waals surface area contributed by atoms with Gasteiger partial charge in [0.2, 0.25) is 0 Å². The van der Waals surface area contributed by atoms with Crippen LogP contribution in [0.25, 0.3) is 83.6 Å². The van der Waals surface area contributed by atoms with Crippen LogP contribution in [0.3, 0.4) is 0 Å². The van der Waals surface area contributed by atoms with Gasteiger partial charge in [-0.1, -0.05) is 147 Å². The number of para-hydroxylation sites is 3. The van der Waals surface area contributed by atoms with Crippen LogP contribution < -0.4 is 5.19 Å². The molecule has 0 saturated heterocycles. The third kappa shape index (κ3) is 7.62. The van der Waals surface area contributed by atoms with Gasteiger partial charge in [0.15, 0.2) is 0 Å². The van der Waals surface area contributed by atoms with Gasteiger partial charge in [-0.25, -0.2) is 0 Å². The van der Waals surface area contributed by atoms with Crippen LogP contribution in [0.2, 0.25) is 19.6 Å². The summed E-state index contributed by atoms with van der Waals surface area (Å²) in [7, 11) is -1.24. The molecule has 0 aliphatic carbocycles. The van der Waals surface area contributed by atoms with E-state index in [1.54, 1.807) is 0 Å². The maximum atomic E-state index is 6.43. The van der Waals surface area contributed by atoms with Crippen molar-refractivity contribution in [3.63, 3.8) is 0 Å². The average Bonchev–Trinajstić information content (AvgIpc) is 3.83. The van der Waals surface area contributed by atoms with Crippen LogP contribution in [-0.2, 0) is 20.1 Å². The molecule has 0 aliphatic heterocycles. The van der Waals surface area contributed by atoms with Gasteiger partial charge in [-0.3, -0.25) is 4.98 Å². The molecule has 0 N–H and O–H groups in total. The number of hydrogen-bond acceptors (Lipinski definition) is 3. The van der Waals surface area contributed by atoms with Gasteiger partial charge in [0.1, 0.15) is 5.58 Å². The van der Waals surface area contributed by atoms with Crippen molar-refractivity contribution in [1.82, 2.24) is 14.5 Å². The molecule has 3 heterocycles. The molecule has 0 atom stereocenters. The Bertz CT molecular complexity index is 2980. The van der Waals surface area contributed by atoms with E-state index in [4.69, 9.17) is 9.40 Å². The molecule has 0 aliphatic rings. The van der Waals surface area contributed by atoms with E-state index in [2.05, 4.69) is 182 Å². The van der Waals surface area contributed by atoms with E-state index in [0.29, 0.717) is 0 Å². The molecule has 4 nitrogen and oxygen atoms in total. The molecule has 0 saturated carbocycles. The van der Waals surface area contributed by atoms with Crippen molar-refractivity contribution in [3.8, 4) is 50.6 Å². The third-order valence-corrected chi connectivity index (χ3v) is 12.5. The van der Waals surface area contributed by atoms with Gasteiger partial charge in [-0.2, -0.15) is 0 Å². The zero-order valence-corrected chi connectivity index (χ0v) is 36.2. The number of fused-ring (bicyclic) bond motifs is 4. The van der Waals surface area contributed by atoms with E-state index in [1.807, 2.05) is 42.6 Å². The summed E-state index contributed by atoms with van der Waals surface area (Å²) in [6.45, 7) is 9.08. The van der Waals surface area contributed by atoms with Crippen molar-refractivity contribution in [3.05, 3.63) is 194 Å². The molecule has 6 heteroatoms. The summed E-state index contributed by atoms with van der Waals surface area (Å²) in [6.07, 6.45) is 2.02. The van der Waals surface area contributed by atoms with Crippen LogP contribution in [0.15, 0.2) is 180 Å². The first-order valence-electron chi connectivity index (χ1n) is 19.3. The fraction of sp³-hybridized carbons (Fsp3) is 0.0769. The van der Waals surface area contributed by atoms with E-state index in [-0.39, 0.29) is 20.1 Å². The Kier molecular flexibility index (Phi) is 10.9. The fourth-order valence-corrected chi connectivity index (χ4v) is 8.38. The first kappa shape index (κ1) is 38.7. The van der Waals surface area contributed by atoms with E-state index >= 15 is 0 Å². The number of rotatable bonds is 6. The number of furan rings is 1. The van der Waals surface area contributed by atoms with Gasteiger partial charge in [-0.15, -0.1) is 53.6 Å². The summed E-state index contributed by atoms with van der Waals surface area (Å²) >= 11 is 0. The molecule has 0 fully saturated rings. The van der Waals surface area contributed by atoms with Crippen molar-refractivity contribution >= 4 is 46.2 Å². The zero-order valence-electron chi connectivity index (χ0n) is 32.8. The SMILES string of the molecule is Cc1c[c-]c(-c2ccc([Si](C)(C)C)cn2)cc1.[Ir].[c-]1ccc2c(oc3ccccc32)c1-c1nc2ccccc2n1-c1ccc(-c2ccccc2)cc1-c1ccccc1. The molecule has 0 amide bonds. The minimum absolute atomic E-state index is 0. The summed E-state index contributed by atoms with van der Waals surface area (Å²) in [5.41, 5.74) is 13.4. The second-order valence-electron chi connectivity index (χ2n) is 15.4. The quantitative estimate of drug-likeness (QED) is 0.123. The summed E-state index contributed by atoms with van der Waals surface area (Å²) in [5.74, 6) is 0.801. The molecule has 58 heavy (non-hydrogen) atoms. The molecular weight excluding hydrogens is 903 g/mol. The molecule has 0 spiro atoms. The predicted molar refractivity (Wildman–Crippen MR) is 240 cm³/mol. The van der Waals surface area contributed by atoms with E-state index in [9.17, 15) is 0 Å². The second kappa shape index (κ2) is 16.4. The number of benzene rings is 7. The maximum Gasteiger partial charge on any atom is 0.120 e. The number of nitrogens with zero attached hydrogens (tertiary/aromatic N) is 3. The molecule has 10 rings (SSSR count). The smallest absolute Gasteiger partial charge is 0.120 e. The largest absolute Gasteiger partial charge is 0.501 e. The standard InChI is InChI=1S/C37H23N2O.C15H18NSi.Ir/c1-3-12-25(13-4-1)27-22-23-33(31(24-27)26-14-5-2-6-15-26)39-34-20-9-8-19-32(34)38-37(39)30-18-11-17-29-28-16-7-10-21-35(28)40-36(29)30;1-12-5-7-13(8-6-12)15-10-9-14(11-16-15)17(2,3)4;/h1-17,19-24H;5-7,9-11H,1-4H3;/q2*-1;. The van der Waals surface area contributed by atoms with Crippen molar-refractivity contribution in [2.24, 2.45) is 0 Å². The van der Waals surface area contributed by atoms with Crippen molar-refractivity contribution < 1.29 is 24.5 Å². The Labute approximate surface area is 354 Å². The average molecular weight is 944 g/mol. The molecule has 1 radical (unpaired) electrons. The maximum absolute atomic E-state index is 6.43. The molecule has 285 valence electrons. The van der Waals surface area contributed by atoms with Crippen molar-refractivity contribution in [1.29, 1.82) is 0 Å². The Balaban J connectivity index is 0.000000220. The number of aryl methyl sites for hydroxylation is 1. The molecule has 0 bridgehead atoms. The monoisotopic (exact) mass is 944 g/mol. The number of aromatic nitrogens is 3. The summed E-state index contributed by atoms with van der Waals surface area (Å²) in [4.78, 5) is 9.72. The van der Waals surface area contributed by atoms with Crippen LogP contribution in [0.4, 0.5) is 0 Å². The topological polar surface area (TPSA) is 43.9 Å². The first-order valence-corrected chi connectivity index (χ1v) is 22.8. The van der Waals surface area contributed by atoms with Crippen LogP contribution in [0.1, 0.15) is 5.56 Å². The Hall–Kier alpha value is -6.17. The summed E-state index contributed by atoms with van der Waals surface area (Å²) in [5, 5.41) is 3.55.